The number of para-hydroxylation sites is 1. The van der Waals surface area contributed by atoms with Crippen molar-refractivity contribution in [2.45, 2.75) is 39.2 Å². The van der Waals surface area contributed by atoms with E-state index in [9.17, 15) is 0 Å². The molecule has 3 heteroatoms. The fraction of sp³-hybridized carbons (Fsp3) is 0.500. The number of hydrogen-bond donors (Lipinski definition) is 2. The number of hydrogen-bond acceptors (Lipinski definition) is 3. The van der Waals surface area contributed by atoms with Gasteiger partial charge in [-0.15, -0.1) is 0 Å². The molecule has 0 saturated carbocycles. The molecule has 1 aromatic heterocycles. The first-order valence-electron chi connectivity index (χ1n) is 7.12. The molecule has 104 valence electrons. The fourth-order valence-corrected chi connectivity index (χ4v) is 2.48. The van der Waals surface area contributed by atoms with Crippen molar-refractivity contribution < 1.29 is 9.52 Å². The molecule has 0 spiro atoms. The van der Waals surface area contributed by atoms with E-state index in [1.54, 1.807) is 0 Å². The van der Waals surface area contributed by atoms with Gasteiger partial charge in [-0.05, 0) is 38.8 Å². The minimum absolute atomic E-state index is 0.209. The molecule has 0 aliphatic carbocycles. The maximum Gasteiger partial charge on any atom is 0.134 e. The SMILES string of the molecule is CCc1c(C(C)NCCCCO)oc2ccccc12. The number of fused-ring (bicyclic) bond motifs is 1. The van der Waals surface area contributed by atoms with E-state index in [0.717, 1.165) is 37.2 Å². The van der Waals surface area contributed by atoms with Crippen LogP contribution >= 0.6 is 0 Å². The number of rotatable bonds is 7. The van der Waals surface area contributed by atoms with Gasteiger partial charge in [0.1, 0.15) is 11.3 Å². The fourth-order valence-electron chi connectivity index (χ4n) is 2.48. The zero-order chi connectivity index (χ0) is 13.7. The third kappa shape index (κ3) is 3.17. The van der Waals surface area contributed by atoms with Gasteiger partial charge >= 0.3 is 0 Å². The van der Waals surface area contributed by atoms with Crippen LogP contribution in [0.2, 0.25) is 0 Å². The lowest BCUT2D eigenvalue weighted by Gasteiger charge is -2.12. The smallest absolute Gasteiger partial charge is 0.134 e. The van der Waals surface area contributed by atoms with E-state index in [-0.39, 0.29) is 12.6 Å². The summed E-state index contributed by atoms with van der Waals surface area (Å²) >= 11 is 0. The Morgan fingerprint density at radius 1 is 1.26 bits per heavy atom. The molecule has 2 rings (SSSR count). The summed E-state index contributed by atoms with van der Waals surface area (Å²) in [5, 5.41) is 13.5. The van der Waals surface area contributed by atoms with Crippen LogP contribution in [0.5, 0.6) is 0 Å². The second kappa shape index (κ2) is 6.73. The standard InChI is InChI=1S/C16H23NO2/c1-3-13-14-8-4-5-9-15(14)19-16(13)12(2)17-10-6-7-11-18/h4-5,8-9,12,17-18H,3,6-7,10-11H2,1-2H3. The first-order chi connectivity index (χ1) is 9.27. The molecule has 0 aliphatic heterocycles. The molecule has 0 amide bonds. The summed E-state index contributed by atoms with van der Waals surface area (Å²) in [5.74, 6) is 1.05. The number of aliphatic hydroxyl groups is 1. The zero-order valence-corrected chi connectivity index (χ0v) is 11.8. The number of furan rings is 1. The van der Waals surface area contributed by atoms with E-state index in [4.69, 9.17) is 9.52 Å². The van der Waals surface area contributed by atoms with Gasteiger partial charge in [0.05, 0.1) is 6.04 Å². The molecular weight excluding hydrogens is 238 g/mol. The van der Waals surface area contributed by atoms with Crippen LogP contribution in [-0.2, 0) is 6.42 Å². The Kier molecular flexibility index (Phi) is 5.00. The molecule has 1 unspecified atom stereocenters. The third-order valence-electron chi connectivity index (χ3n) is 3.51. The zero-order valence-electron chi connectivity index (χ0n) is 11.8. The molecule has 2 aromatic rings. The summed E-state index contributed by atoms with van der Waals surface area (Å²) in [4.78, 5) is 0. The van der Waals surface area contributed by atoms with Crippen molar-refractivity contribution in [2.24, 2.45) is 0 Å². The lowest BCUT2D eigenvalue weighted by molar-refractivity contribution is 0.282. The van der Waals surface area contributed by atoms with Crippen LogP contribution in [0.15, 0.2) is 28.7 Å². The molecular formula is C16H23NO2. The molecule has 0 fully saturated rings. The van der Waals surface area contributed by atoms with Crippen molar-refractivity contribution in [1.82, 2.24) is 5.32 Å². The van der Waals surface area contributed by atoms with Crippen molar-refractivity contribution in [3.63, 3.8) is 0 Å². The number of benzene rings is 1. The molecule has 1 heterocycles. The minimum Gasteiger partial charge on any atom is -0.459 e. The van der Waals surface area contributed by atoms with Gasteiger partial charge in [-0.2, -0.15) is 0 Å². The summed E-state index contributed by atoms with van der Waals surface area (Å²) < 4.78 is 6.00. The van der Waals surface area contributed by atoms with Gasteiger partial charge in [0.15, 0.2) is 0 Å². The quantitative estimate of drug-likeness (QED) is 0.751. The highest BCUT2D eigenvalue weighted by atomic mass is 16.3. The maximum atomic E-state index is 8.78. The van der Waals surface area contributed by atoms with Crippen molar-refractivity contribution in [1.29, 1.82) is 0 Å². The predicted octanol–water partition coefficient (Wildman–Crippen LogP) is 3.42. The Morgan fingerprint density at radius 2 is 2.05 bits per heavy atom. The van der Waals surface area contributed by atoms with Gasteiger partial charge < -0.3 is 14.8 Å². The van der Waals surface area contributed by atoms with Crippen molar-refractivity contribution >= 4 is 11.0 Å². The average molecular weight is 261 g/mol. The summed E-state index contributed by atoms with van der Waals surface area (Å²) in [6.07, 6.45) is 2.82. The van der Waals surface area contributed by atoms with Gasteiger partial charge in [-0.1, -0.05) is 25.1 Å². The van der Waals surface area contributed by atoms with Gasteiger partial charge in [0, 0.05) is 17.6 Å². The summed E-state index contributed by atoms with van der Waals surface area (Å²) in [5.41, 5.74) is 2.27. The van der Waals surface area contributed by atoms with E-state index in [1.807, 2.05) is 12.1 Å². The van der Waals surface area contributed by atoms with Crippen LogP contribution in [0.4, 0.5) is 0 Å². The summed E-state index contributed by atoms with van der Waals surface area (Å²) in [6, 6.07) is 8.42. The van der Waals surface area contributed by atoms with Crippen LogP contribution < -0.4 is 5.32 Å². The number of unbranched alkanes of at least 4 members (excludes halogenated alkanes) is 1. The van der Waals surface area contributed by atoms with Crippen LogP contribution in [0.3, 0.4) is 0 Å². The van der Waals surface area contributed by atoms with Crippen LogP contribution in [0.25, 0.3) is 11.0 Å². The molecule has 2 N–H and O–H groups in total. The predicted molar refractivity (Wildman–Crippen MR) is 78.3 cm³/mol. The van der Waals surface area contributed by atoms with Crippen LogP contribution in [-0.4, -0.2) is 18.3 Å². The van der Waals surface area contributed by atoms with E-state index >= 15 is 0 Å². The monoisotopic (exact) mass is 261 g/mol. The number of aliphatic hydroxyl groups excluding tert-OH is 1. The lowest BCUT2D eigenvalue weighted by Crippen LogP contribution is -2.20. The van der Waals surface area contributed by atoms with Gasteiger partial charge in [-0.25, -0.2) is 0 Å². The second-order valence-electron chi connectivity index (χ2n) is 4.90. The first-order valence-corrected chi connectivity index (χ1v) is 7.12. The second-order valence-corrected chi connectivity index (χ2v) is 4.90. The highest BCUT2D eigenvalue weighted by Crippen LogP contribution is 2.30. The van der Waals surface area contributed by atoms with E-state index in [1.165, 1.54) is 10.9 Å². The molecule has 3 nitrogen and oxygen atoms in total. The Bertz CT molecular complexity index is 518. The van der Waals surface area contributed by atoms with Gasteiger partial charge in [0.25, 0.3) is 0 Å². The summed E-state index contributed by atoms with van der Waals surface area (Å²) in [7, 11) is 0. The number of aryl methyl sites for hydroxylation is 1. The largest absolute Gasteiger partial charge is 0.459 e. The van der Waals surface area contributed by atoms with Crippen molar-refractivity contribution in [2.75, 3.05) is 13.2 Å². The highest BCUT2D eigenvalue weighted by Gasteiger charge is 2.17. The Morgan fingerprint density at radius 3 is 2.79 bits per heavy atom. The van der Waals surface area contributed by atoms with Crippen molar-refractivity contribution in [3.8, 4) is 0 Å². The summed E-state index contributed by atoms with van der Waals surface area (Å²) in [6.45, 7) is 5.47. The van der Waals surface area contributed by atoms with E-state index in [2.05, 4.69) is 31.3 Å². The maximum absolute atomic E-state index is 8.78. The van der Waals surface area contributed by atoms with Crippen molar-refractivity contribution in [3.05, 3.63) is 35.6 Å². The number of nitrogens with one attached hydrogen (secondary N) is 1. The molecule has 19 heavy (non-hydrogen) atoms. The highest BCUT2D eigenvalue weighted by molar-refractivity contribution is 5.82. The van der Waals surface area contributed by atoms with Gasteiger partial charge in [-0.3, -0.25) is 0 Å². The topological polar surface area (TPSA) is 45.4 Å². The molecule has 0 aliphatic rings. The molecule has 1 atom stereocenters. The Hall–Kier alpha value is -1.32. The average Bonchev–Trinajstić information content (AvgIpc) is 2.82. The molecule has 0 saturated heterocycles. The lowest BCUT2D eigenvalue weighted by atomic mass is 10.0. The third-order valence-corrected chi connectivity index (χ3v) is 3.51. The minimum atomic E-state index is 0.209. The van der Waals surface area contributed by atoms with E-state index in [0.29, 0.717) is 0 Å². The van der Waals surface area contributed by atoms with Crippen LogP contribution in [0, 0.1) is 0 Å². The molecule has 1 aromatic carbocycles. The van der Waals surface area contributed by atoms with Crippen LogP contribution in [0.1, 0.15) is 44.1 Å². The van der Waals surface area contributed by atoms with Gasteiger partial charge in [0.2, 0.25) is 0 Å². The molecule has 0 bridgehead atoms. The molecule has 0 radical (unpaired) electrons. The normalized spacial score (nSPS) is 13.0. The Labute approximate surface area is 114 Å². The Balaban J connectivity index is 2.14. The first kappa shape index (κ1) is 14.1. The van der Waals surface area contributed by atoms with E-state index < -0.39 is 0 Å².